The summed E-state index contributed by atoms with van der Waals surface area (Å²) in [5.74, 6) is 2.53. The topological polar surface area (TPSA) is 48.9 Å². The van der Waals surface area contributed by atoms with Crippen LogP contribution in [0, 0.1) is 5.92 Å². The molecule has 5 nitrogen and oxygen atoms in total. The maximum Gasteiger partial charge on any atom is 0.191 e. The van der Waals surface area contributed by atoms with Crippen LogP contribution in [0.3, 0.4) is 0 Å². The summed E-state index contributed by atoms with van der Waals surface area (Å²) in [6.07, 6.45) is 2.52. The van der Waals surface area contributed by atoms with Gasteiger partial charge >= 0.3 is 0 Å². The molecule has 0 aliphatic carbocycles. The van der Waals surface area contributed by atoms with E-state index in [-0.39, 0.29) is 0 Å². The number of guanidine groups is 1. The monoisotopic (exact) mass is 346 g/mol. The van der Waals surface area contributed by atoms with E-state index in [1.54, 1.807) is 0 Å². The Hall–Kier alpha value is -1.75. The van der Waals surface area contributed by atoms with E-state index >= 15 is 0 Å². The van der Waals surface area contributed by atoms with Crippen LogP contribution in [-0.2, 0) is 6.54 Å². The Morgan fingerprint density at radius 2 is 2.08 bits per heavy atom. The Morgan fingerprint density at radius 3 is 2.84 bits per heavy atom. The van der Waals surface area contributed by atoms with Crippen molar-refractivity contribution in [2.75, 3.05) is 39.3 Å². The van der Waals surface area contributed by atoms with Gasteiger partial charge in [-0.1, -0.05) is 25.1 Å². The third kappa shape index (κ3) is 6.58. The van der Waals surface area contributed by atoms with Crippen LogP contribution in [0.4, 0.5) is 0 Å². The van der Waals surface area contributed by atoms with Gasteiger partial charge in [0.25, 0.3) is 0 Å². The van der Waals surface area contributed by atoms with Crippen molar-refractivity contribution in [1.29, 1.82) is 0 Å². The summed E-state index contributed by atoms with van der Waals surface area (Å²) < 4.78 is 5.69. The van der Waals surface area contributed by atoms with Gasteiger partial charge in [-0.15, -0.1) is 0 Å². The van der Waals surface area contributed by atoms with E-state index in [9.17, 15) is 0 Å². The number of rotatable bonds is 9. The number of ether oxygens (including phenoxy) is 1. The number of hydrogen-bond acceptors (Lipinski definition) is 3. The molecule has 0 radical (unpaired) electrons. The molecule has 1 aliphatic heterocycles. The molecule has 140 valence electrons. The second-order valence-electron chi connectivity index (χ2n) is 6.57. The Labute approximate surface area is 152 Å². The molecule has 5 heteroatoms. The highest BCUT2D eigenvalue weighted by Gasteiger charge is 2.21. The first-order chi connectivity index (χ1) is 12.3. The number of aliphatic imine (C=N–C) groups is 1. The number of para-hydroxylation sites is 1. The predicted molar refractivity (Wildman–Crippen MR) is 105 cm³/mol. The summed E-state index contributed by atoms with van der Waals surface area (Å²) in [7, 11) is 0. The van der Waals surface area contributed by atoms with Gasteiger partial charge in [0, 0.05) is 25.2 Å². The number of likely N-dealkylation sites (tertiary alicyclic amines) is 1. The van der Waals surface area contributed by atoms with Crippen LogP contribution < -0.4 is 15.4 Å². The normalized spacial score (nSPS) is 18.4. The molecule has 2 N–H and O–H groups in total. The van der Waals surface area contributed by atoms with Crippen molar-refractivity contribution in [3.05, 3.63) is 29.8 Å². The molecule has 1 unspecified atom stereocenters. The Kier molecular flexibility index (Phi) is 8.60. The van der Waals surface area contributed by atoms with Crippen LogP contribution in [0.5, 0.6) is 5.75 Å². The van der Waals surface area contributed by atoms with Crippen molar-refractivity contribution < 1.29 is 4.74 Å². The number of nitrogens with one attached hydrogen (secondary N) is 2. The molecule has 0 amide bonds. The zero-order valence-corrected chi connectivity index (χ0v) is 16.1. The van der Waals surface area contributed by atoms with E-state index in [4.69, 9.17) is 9.73 Å². The van der Waals surface area contributed by atoms with E-state index in [0.717, 1.165) is 30.4 Å². The molecule has 1 aliphatic rings. The number of benzene rings is 1. The highest BCUT2D eigenvalue weighted by atomic mass is 16.5. The second kappa shape index (κ2) is 11.0. The van der Waals surface area contributed by atoms with Gasteiger partial charge in [0.1, 0.15) is 5.75 Å². The lowest BCUT2D eigenvalue weighted by Crippen LogP contribution is -2.40. The minimum atomic E-state index is 0.623. The van der Waals surface area contributed by atoms with E-state index in [2.05, 4.69) is 35.4 Å². The third-order valence-electron chi connectivity index (χ3n) is 4.49. The molecule has 0 aromatic heterocycles. The van der Waals surface area contributed by atoms with Gasteiger partial charge in [-0.05, 0) is 51.8 Å². The lowest BCUT2D eigenvalue weighted by molar-refractivity contribution is 0.324. The van der Waals surface area contributed by atoms with Crippen LogP contribution in [-0.4, -0.2) is 50.2 Å². The fraction of sp³-hybridized carbons (Fsp3) is 0.650. The van der Waals surface area contributed by atoms with Crippen LogP contribution in [0.25, 0.3) is 0 Å². The van der Waals surface area contributed by atoms with Gasteiger partial charge in [-0.25, -0.2) is 4.99 Å². The smallest absolute Gasteiger partial charge is 0.191 e. The van der Waals surface area contributed by atoms with E-state index < -0.39 is 0 Å². The zero-order valence-electron chi connectivity index (χ0n) is 16.1. The highest BCUT2D eigenvalue weighted by molar-refractivity contribution is 5.79. The zero-order chi connectivity index (χ0) is 17.9. The minimum Gasteiger partial charge on any atom is -0.494 e. The number of hydrogen-bond donors (Lipinski definition) is 2. The van der Waals surface area contributed by atoms with Gasteiger partial charge in [0.05, 0.1) is 13.2 Å². The van der Waals surface area contributed by atoms with E-state index in [1.165, 1.54) is 32.5 Å². The minimum absolute atomic E-state index is 0.623. The first-order valence-electron chi connectivity index (χ1n) is 9.72. The maximum atomic E-state index is 5.69. The Balaban J connectivity index is 1.88. The fourth-order valence-electron chi connectivity index (χ4n) is 3.28. The first kappa shape index (κ1) is 19.6. The molecule has 1 aromatic rings. The summed E-state index contributed by atoms with van der Waals surface area (Å²) in [4.78, 5) is 7.31. The summed E-state index contributed by atoms with van der Waals surface area (Å²) >= 11 is 0. The van der Waals surface area contributed by atoms with Crippen molar-refractivity contribution in [2.24, 2.45) is 10.9 Å². The molecule has 1 heterocycles. The van der Waals surface area contributed by atoms with Gasteiger partial charge < -0.3 is 20.3 Å². The molecular weight excluding hydrogens is 312 g/mol. The van der Waals surface area contributed by atoms with Crippen LogP contribution in [0.15, 0.2) is 29.3 Å². The largest absolute Gasteiger partial charge is 0.494 e. The fourth-order valence-corrected chi connectivity index (χ4v) is 3.28. The molecule has 1 saturated heterocycles. The predicted octanol–water partition coefficient (Wildman–Crippen LogP) is 2.87. The quantitative estimate of drug-likeness (QED) is 0.533. The van der Waals surface area contributed by atoms with Crippen molar-refractivity contribution in [3.63, 3.8) is 0 Å². The van der Waals surface area contributed by atoms with Crippen LogP contribution in [0.1, 0.15) is 39.2 Å². The third-order valence-corrected chi connectivity index (χ3v) is 4.49. The Morgan fingerprint density at radius 1 is 1.24 bits per heavy atom. The molecule has 1 atom stereocenters. The lowest BCUT2D eigenvalue weighted by atomic mass is 10.1. The van der Waals surface area contributed by atoms with Crippen molar-refractivity contribution >= 4 is 5.96 Å². The van der Waals surface area contributed by atoms with Crippen molar-refractivity contribution in [2.45, 2.75) is 40.2 Å². The summed E-state index contributed by atoms with van der Waals surface area (Å²) in [6, 6.07) is 8.13. The van der Waals surface area contributed by atoms with Crippen molar-refractivity contribution in [3.8, 4) is 5.75 Å². The van der Waals surface area contributed by atoms with E-state index in [1.807, 2.05) is 25.1 Å². The molecule has 25 heavy (non-hydrogen) atoms. The average Bonchev–Trinajstić information content (AvgIpc) is 3.07. The van der Waals surface area contributed by atoms with Gasteiger partial charge in [-0.2, -0.15) is 0 Å². The standard InChI is InChI=1S/C20H34N4O/c1-4-12-24-13-11-17(16-24)14-22-20(21-5-2)23-15-18-9-7-8-10-19(18)25-6-3/h7-10,17H,4-6,11-16H2,1-3H3,(H2,21,22,23). The molecule has 1 aromatic carbocycles. The Bertz CT molecular complexity index is 532. The lowest BCUT2D eigenvalue weighted by Gasteiger charge is -2.17. The van der Waals surface area contributed by atoms with Crippen molar-refractivity contribution in [1.82, 2.24) is 15.5 Å². The molecule has 1 fully saturated rings. The summed E-state index contributed by atoms with van der Waals surface area (Å²) in [6.45, 7) is 13.2. The van der Waals surface area contributed by atoms with Crippen LogP contribution in [0.2, 0.25) is 0 Å². The van der Waals surface area contributed by atoms with Gasteiger partial charge in [0.15, 0.2) is 5.96 Å². The highest BCUT2D eigenvalue weighted by Crippen LogP contribution is 2.19. The molecule has 0 spiro atoms. The summed E-state index contributed by atoms with van der Waals surface area (Å²) in [5.41, 5.74) is 1.12. The average molecular weight is 347 g/mol. The summed E-state index contributed by atoms with van der Waals surface area (Å²) in [5, 5.41) is 6.87. The maximum absolute atomic E-state index is 5.69. The molecule has 0 saturated carbocycles. The number of nitrogens with zero attached hydrogens (tertiary/aromatic N) is 2. The SMILES string of the molecule is CCCN1CCC(CNC(=NCc2ccccc2OCC)NCC)C1. The van der Waals surface area contributed by atoms with Crippen LogP contribution >= 0.6 is 0 Å². The van der Waals surface area contributed by atoms with Gasteiger partial charge in [-0.3, -0.25) is 0 Å². The van der Waals surface area contributed by atoms with E-state index in [0.29, 0.717) is 19.1 Å². The van der Waals surface area contributed by atoms with Gasteiger partial charge in [0.2, 0.25) is 0 Å². The molecule has 0 bridgehead atoms. The first-order valence-corrected chi connectivity index (χ1v) is 9.72. The molecular formula is C20H34N4O. The second-order valence-corrected chi connectivity index (χ2v) is 6.57. The molecule has 2 rings (SSSR count).